The zero-order valence-electron chi connectivity index (χ0n) is 22.1. The molecule has 2 rings (SSSR count). The number of hydrogen-bond donors (Lipinski definition) is 2. The molecule has 0 bridgehead atoms. The van der Waals surface area contributed by atoms with Crippen molar-refractivity contribution in [1.82, 2.24) is 4.57 Å². The second kappa shape index (κ2) is 17.8. The van der Waals surface area contributed by atoms with Gasteiger partial charge in [-0.3, -0.25) is 4.55 Å². The first-order valence-electron chi connectivity index (χ1n) is 13.9. The molecule has 9 heteroatoms. The topological polar surface area (TPSA) is 107 Å². The molecule has 1 heterocycles. The van der Waals surface area contributed by atoms with Gasteiger partial charge in [0.05, 0.1) is 22.6 Å². The minimum Gasteiger partial charge on any atom is -0.494 e. The first kappa shape index (κ1) is 30.6. The first-order chi connectivity index (χ1) is 17.4. The number of thiazole rings is 1. The SMILES string of the molecule is CCCCCCCCCCCCCCCCOc1ccc2c(c1)sc(=NN)n2CCCCS(=O)(=O)O. The zero-order valence-corrected chi connectivity index (χ0v) is 23.8. The number of unbranched alkanes of at least 4 members (excludes halogenated alkanes) is 14. The average molecular weight is 542 g/mol. The third kappa shape index (κ3) is 12.6. The number of benzene rings is 1. The number of fused-ring (bicyclic) bond motifs is 1. The Kier molecular flexibility index (Phi) is 15.2. The van der Waals surface area contributed by atoms with Crippen LogP contribution in [0.25, 0.3) is 10.2 Å². The van der Waals surface area contributed by atoms with E-state index in [9.17, 15) is 8.42 Å². The minimum absolute atomic E-state index is 0.234. The minimum atomic E-state index is -3.93. The monoisotopic (exact) mass is 541 g/mol. The molecule has 0 atom stereocenters. The average Bonchev–Trinajstić information content (AvgIpc) is 3.20. The van der Waals surface area contributed by atoms with E-state index in [0.29, 0.717) is 24.2 Å². The van der Waals surface area contributed by atoms with Gasteiger partial charge in [0.25, 0.3) is 10.1 Å². The summed E-state index contributed by atoms with van der Waals surface area (Å²) in [5.41, 5.74) is 1.000. The van der Waals surface area contributed by atoms with Crippen molar-refractivity contribution in [3.05, 3.63) is 23.0 Å². The van der Waals surface area contributed by atoms with Crippen molar-refractivity contribution in [2.45, 2.75) is 116 Å². The predicted octanol–water partition coefficient (Wildman–Crippen LogP) is 7.01. The van der Waals surface area contributed by atoms with Crippen LogP contribution in [0.5, 0.6) is 5.75 Å². The van der Waals surface area contributed by atoms with E-state index in [0.717, 1.165) is 29.0 Å². The van der Waals surface area contributed by atoms with Crippen LogP contribution in [0.1, 0.15) is 110 Å². The molecule has 0 aliphatic carbocycles. The molecule has 0 amide bonds. The lowest BCUT2D eigenvalue weighted by Crippen LogP contribution is -2.17. The lowest BCUT2D eigenvalue weighted by Gasteiger charge is -2.08. The Morgan fingerprint density at radius 1 is 0.889 bits per heavy atom. The van der Waals surface area contributed by atoms with E-state index in [1.807, 2.05) is 22.8 Å². The third-order valence-electron chi connectivity index (χ3n) is 6.57. The molecule has 1 aromatic carbocycles. The summed E-state index contributed by atoms with van der Waals surface area (Å²) < 4.78 is 39.7. The van der Waals surface area contributed by atoms with E-state index >= 15 is 0 Å². The van der Waals surface area contributed by atoms with Gasteiger partial charge in [0.15, 0.2) is 0 Å². The summed E-state index contributed by atoms with van der Waals surface area (Å²) in [6.45, 7) is 3.58. The maximum absolute atomic E-state index is 10.9. The van der Waals surface area contributed by atoms with E-state index in [2.05, 4.69) is 12.0 Å². The Morgan fingerprint density at radius 2 is 1.47 bits per heavy atom. The number of aryl methyl sites for hydroxylation is 1. The number of hydrogen-bond acceptors (Lipinski definition) is 6. The van der Waals surface area contributed by atoms with Crippen molar-refractivity contribution in [1.29, 1.82) is 0 Å². The van der Waals surface area contributed by atoms with E-state index in [4.69, 9.17) is 15.1 Å². The molecule has 0 radical (unpaired) electrons. The van der Waals surface area contributed by atoms with Gasteiger partial charge in [-0.15, -0.1) is 0 Å². The lowest BCUT2D eigenvalue weighted by atomic mass is 10.0. The molecule has 206 valence electrons. The standard InChI is InChI=1S/C27H47N3O4S2/c1-2-3-4-5-6-7-8-9-10-11-12-13-14-16-21-34-24-18-19-25-26(23-24)35-27(29-28)30(25)20-15-17-22-36(31,32)33/h18-19,23H,2-17,20-22,28H2,1H3,(H,31,32,33). The van der Waals surface area contributed by atoms with Crippen LogP contribution in [-0.4, -0.2) is 29.9 Å². The van der Waals surface area contributed by atoms with Crippen LogP contribution in [0.4, 0.5) is 0 Å². The van der Waals surface area contributed by atoms with Crippen LogP contribution in [0.3, 0.4) is 0 Å². The van der Waals surface area contributed by atoms with E-state index in [-0.39, 0.29) is 5.75 Å². The van der Waals surface area contributed by atoms with E-state index in [1.165, 1.54) is 94.8 Å². The van der Waals surface area contributed by atoms with Crippen molar-refractivity contribution in [2.24, 2.45) is 10.9 Å². The predicted molar refractivity (Wildman–Crippen MR) is 151 cm³/mol. The Balaban J connectivity index is 1.59. The molecule has 7 nitrogen and oxygen atoms in total. The van der Waals surface area contributed by atoms with Crippen LogP contribution >= 0.6 is 11.3 Å². The van der Waals surface area contributed by atoms with E-state index < -0.39 is 10.1 Å². The van der Waals surface area contributed by atoms with Gasteiger partial charge in [-0.2, -0.15) is 13.5 Å². The number of ether oxygens (including phenoxy) is 1. The molecule has 0 fully saturated rings. The van der Waals surface area contributed by atoms with Crippen LogP contribution in [-0.2, 0) is 16.7 Å². The van der Waals surface area contributed by atoms with Gasteiger partial charge in [-0.1, -0.05) is 102 Å². The van der Waals surface area contributed by atoms with Crippen LogP contribution in [0.15, 0.2) is 23.3 Å². The van der Waals surface area contributed by atoms with Gasteiger partial charge in [0, 0.05) is 6.54 Å². The van der Waals surface area contributed by atoms with Crippen molar-refractivity contribution < 1.29 is 17.7 Å². The molecule has 0 spiro atoms. The van der Waals surface area contributed by atoms with Crippen molar-refractivity contribution >= 4 is 31.7 Å². The molecule has 2 aromatic rings. The normalized spacial score (nSPS) is 12.6. The summed E-state index contributed by atoms with van der Waals surface area (Å²) in [5, 5.41) is 3.88. The molecule has 0 unspecified atom stereocenters. The molecule has 0 aliphatic heterocycles. The summed E-state index contributed by atoms with van der Waals surface area (Å²) in [6, 6.07) is 5.99. The fraction of sp³-hybridized carbons (Fsp3) is 0.741. The van der Waals surface area contributed by atoms with Gasteiger partial charge < -0.3 is 15.1 Å². The van der Waals surface area contributed by atoms with E-state index in [1.54, 1.807) is 0 Å². The quantitative estimate of drug-likeness (QED) is 0.0765. The highest BCUT2D eigenvalue weighted by Gasteiger charge is 2.09. The summed E-state index contributed by atoms with van der Waals surface area (Å²) in [6.07, 6.45) is 19.8. The van der Waals surface area contributed by atoms with Gasteiger partial charge in [-0.05, 0) is 37.5 Å². The largest absolute Gasteiger partial charge is 0.494 e. The van der Waals surface area contributed by atoms with Gasteiger partial charge in [0.2, 0.25) is 4.80 Å². The Labute approximate surface area is 221 Å². The van der Waals surface area contributed by atoms with Crippen LogP contribution in [0.2, 0.25) is 0 Å². The highest BCUT2D eigenvalue weighted by atomic mass is 32.2. The maximum atomic E-state index is 10.9. The highest BCUT2D eigenvalue weighted by Crippen LogP contribution is 2.24. The first-order valence-corrected chi connectivity index (χ1v) is 16.3. The van der Waals surface area contributed by atoms with Crippen LogP contribution in [0, 0.1) is 0 Å². The Hall–Kier alpha value is -1.58. The fourth-order valence-electron chi connectivity index (χ4n) is 4.50. The molecule has 3 N–H and O–H groups in total. The zero-order chi connectivity index (χ0) is 26.1. The van der Waals surface area contributed by atoms with Gasteiger partial charge in [0.1, 0.15) is 5.75 Å². The van der Waals surface area contributed by atoms with Gasteiger partial charge in [-0.25, -0.2) is 0 Å². The third-order valence-corrected chi connectivity index (χ3v) is 8.43. The van der Waals surface area contributed by atoms with Crippen molar-refractivity contribution in [3.63, 3.8) is 0 Å². The smallest absolute Gasteiger partial charge is 0.264 e. The second-order valence-electron chi connectivity index (χ2n) is 9.73. The maximum Gasteiger partial charge on any atom is 0.264 e. The Bertz CT molecular complexity index is 1030. The molecular formula is C27H47N3O4S2. The molecule has 0 saturated carbocycles. The second-order valence-corrected chi connectivity index (χ2v) is 12.3. The Morgan fingerprint density at radius 3 is 2.03 bits per heavy atom. The number of nitrogens with two attached hydrogens (primary N) is 1. The highest BCUT2D eigenvalue weighted by molar-refractivity contribution is 7.85. The molecular weight excluding hydrogens is 494 g/mol. The van der Waals surface area contributed by atoms with Gasteiger partial charge >= 0.3 is 0 Å². The summed E-state index contributed by atoms with van der Waals surface area (Å²) in [7, 11) is -3.93. The molecule has 0 saturated heterocycles. The number of aromatic nitrogens is 1. The lowest BCUT2D eigenvalue weighted by molar-refractivity contribution is 0.304. The van der Waals surface area contributed by atoms with Crippen LogP contribution < -0.4 is 15.4 Å². The summed E-state index contributed by atoms with van der Waals surface area (Å²) in [4.78, 5) is 0.681. The number of rotatable bonds is 21. The summed E-state index contributed by atoms with van der Waals surface area (Å²) >= 11 is 1.49. The summed E-state index contributed by atoms with van der Waals surface area (Å²) in [5.74, 6) is 6.19. The molecule has 0 aliphatic rings. The molecule has 1 aromatic heterocycles. The van der Waals surface area contributed by atoms with Crippen molar-refractivity contribution in [3.8, 4) is 5.75 Å². The van der Waals surface area contributed by atoms with Crippen molar-refractivity contribution in [2.75, 3.05) is 12.4 Å². The molecule has 36 heavy (non-hydrogen) atoms. The number of nitrogens with zero attached hydrogens (tertiary/aromatic N) is 2. The fourth-order valence-corrected chi connectivity index (χ4v) is 6.07.